The highest BCUT2D eigenvalue weighted by Crippen LogP contribution is 2.17. The number of carbonyl (C=O) groups excluding carboxylic acids is 1. The van der Waals surface area contributed by atoms with Crippen molar-refractivity contribution >= 4 is 17.3 Å². The molecular weight excluding hydrogens is 254 g/mol. The first-order chi connectivity index (χ1) is 9.62. The van der Waals surface area contributed by atoms with E-state index in [1.165, 1.54) is 0 Å². The van der Waals surface area contributed by atoms with Gasteiger partial charge in [-0.05, 0) is 37.6 Å². The van der Waals surface area contributed by atoms with Crippen LogP contribution in [0.4, 0.5) is 11.4 Å². The molecule has 20 heavy (non-hydrogen) atoms. The summed E-state index contributed by atoms with van der Waals surface area (Å²) in [5, 5.41) is 11.8. The standard InChI is InChI=1S/C15H23N3O2/c1-3-5-14(16)15(20)17-12-6-8-13(9-7-12)18(4-2)10-11-19/h3,6-9,14,19H,1,4-5,10-11,16H2,2H3,(H,17,20). The highest BCUT2D eigenvalue weighted by atomic mass is 16.3. The lowest BCUT2D eigenvalue weighted by Crippen LogP contribution is -2.35. The molecule has 5 nitrogen and oxygen atoms in total. The normalized spacial score (nSPS) is 11.8. The van der Waals surface area contributed by atoms with Gasteiger partial charge in [0.1, 0.15) is 0 Å². The Labute approximate surface area is 120 Å². The van der Waals surface area contributed by atoms with Crippen molar-refractivity contribution in [1.82, 2.24) is 0 Å². The fourth-order valence-corrected chi connectivity index (χ4v) is 1.87. The van der Waals surface area contributed by atoms with Crippen molar-refractivity contribution in [2.24, 2.45) is 5.73 Å². The minimum Gasteiger partial charge on any atom is -0.395 e. The zero-order valence-corrected chi connectivity index (χ0v) is 11.9. The van der Waals surface area contributed by atoms with Gasteiger partial charge in [0, 0.05) is 24.5 Å². The van der Waals surface area contributed by atoms with Crippen molar-refractivity contribution in [3.8, 4) is 0 Å². The summed E-state index contributed by atoms with van der Waals surface area (Å²) in [6.45, 7) is 7.11. The van der Waals surface area contributed by atoms with Gasteiger partial charge in [-0.15, -0.1) is 6.58 Å². The highest BCUT2D eigenvalue weighted by molar-refractivity contribution is 5.94. The molecule has 1 aromatic rings. The van der Waals surface area contributed by atoms with Gasteiger partial charge in [0.15, 0.2) is 0 Å². The summed E-state index contributed by atoms with van der Waals surface area (Å²) in [5.74, 6) is -0.222. The van der Waals surface area contributed by atoms with E-state index in [0.29, 0.717) is 18.7 Å². The fourth-order valence-electron chi connectivity index (χ4n) is 1.87. The molecule has 5 heteroatoms. The molecule has 0 aliphatic rings. The molecule has 1 atom stereocenters. The van der Waals surface area contributed by atoms with Crippen LogP contribution < -0.4 is 16.0 Å². The molecule has 1 amide bonds. The maximum Gasteiger partial charge on any atom is 0.241 e. The molecule has 0 saturated heterocycles. The van der Waals surface area contributed by atoms with Gasteiger partial charge in [-0.3, -0.25) is 4.79 Å². The van der Waals surface area contributed by atoms with Gasteiger partial charge >= 0.3 is 0 Å². The van der Waals surface area contributed by atoms with Gasteiger partial charge in [-0.25, -0.2) is 0 Å². The summed E-state index contributed by atoms with van der Waals surface area (Å²) in [7, 11) is 0. The number of benzene rings is 1. The maximum atomic E-state index is 11.8. The summed E-state index contributed by atoms with van der Waals surface area (Å²) in [5.41, 5.74) is 7.41. The van der Waals surface area contributed by atoms with Gasteiger partial charge in [0.05, 0.1) is 12.6 Å². The number of aliphatic hydroxyl groups excluding tert-OH is 1. The average Bonchev–Trinajstić information content (AvgIpc) is 2.46. The van der Waals surface area contributed by atoms with Crippen LogP contribution in [0.25, 0.3) is 0 Å². The molecule has 0 fully saturated rings. The number of hydrogen-bond donors (Lipinski definition) is 3. The Morgan fingerprint density at radius 3 is 2.65 bits per heavy atom. The summed E-state index contributed by atoms with van der Waals surface area (Å²) in [6.07, 6.45) is 2.07. The third-order valence-electron chi connectivity index (χ3n) is 3.01. The minimum atomic E-state index is -0.575. The third kappa shape index (κ3) is 4.68. The Kier molecular flexibility index (Phi) is 6.76. The second kappa shape index (κ2) is 8.35. The summed E-state index contributed by atoms with van der Waals surface area (Å²) in [6, 6.07) is 6.90. The smallest absolute Gasteiger partial charge is 0.241 e. The van der Waals surface area contributed by atoms with E-state index in [0.717, 1.165) is 12.2 Å². The summed E-state index contributed by atoms with van der Waals surface area (Å²) >= 11 is 0. The van der Waals surface area contributed by atoms with Gasteiger partial charge in [-0.1, -0.05) is 6.08 Å². The zero-order chi connectivity index (χ0) is 15.0. The van der Waals surface area contributed by atoms with E-state index in [9.17, 15) is 4.79 Å². The number of nitrogens with one attached hydrogen (secondary N) is 1. The van der Waals surface area contributed by atoms with Crippen LogP contribution in [0.15, 0.2) is 36.9 Å². The largest absolute Gasteiger partial charge is 0.395 e. The Bertz CT molecular complexity index is 431. The Morgan fingerprint density at radius 1 is 1.50 bits per heavy atom. The van der Waals surface area contributed by atoms with Crippen molar-refractivity contribution in [3.05, 3.63) is 36.9 Å². The molecule has 110 valence electrons. The molecule has 1 unspecified atom stereocenters. The number of hydrogen-bond acceptors (Lipinski definition) is 4. The number of nitrogens with zero attached hydrogens (tertiary/aromatic N) is 1. The molecule has 0 radical (unpaired) electrons. The van der Waals surface area contributed by atoms with Crippen LogP contribution in [0, 0.1) is 0 Å². The number of aliphatic hydroxyl groups is 1. The van der Waals surface area contributed by atoms with E-state index in [-0.39, 0.29) is 12.5 Å². The first kappa shape index (κ1) is 16.2. The molecule has 0 aliphatic carbocycles. The second-order valence-electron chi connectivity index (χ2n) is 4.47. The van der Waals surface area contributed by atoms with Crippen LogP contribution in [0.5, 0.6) is 0 Å². The van der Waals surface area contributed by atoms with Crippen LogP contribution >= 0.6 is 0 Å². The van der Waals surface area contributed by atoms with Crippen molar-refractivity contribution in [2.45, 2.75) is 19.4 Å². The van der Waals surface area contributed by atoms with Crippen LogP contribution in [0.3, 0.4) is 0 Å². The molecule has 0 saturated carbocycles. The predicted molar refractivity (Wildman–Crippen MR) is 82.8 cm³/mol. The summed E-state index contributed by atoms with van der Waals surface area (Å²) < 4.78 is 0. The number of rotatable bonds is 8. The lowest BCUT2D eigenvalue weighted by molar-refractivity contribution is -0.117. The molecular formula is C15H23N3O2. The number of likely N-dealkylation sites (N-methyl/N-ethyl adjacent to an activating group) is 1. The van der Waals surface area contributed by atoms with Crippen molar-refractivity contribution in [1.29, 1.82) is 0 Å². The lowest BCUT2D eigenvalue weighted by atomic mass is 10.2. The lowest BCUT2D eigenvalue weighted by Gasteiger charge is -2.22. The number of anilines is 2. The van der Waals surface area contributed by atoms with Gasteiger partial charge in [0.2, 0.25) is 5.91 Å². The first-order valence-electron chi connectivity index (χ1n) is 6.75. The quantitative estimate of drug-likeness (QED) is 0.627. The fraction of sp³-hybridized carbons (Fsp3) is 0.400. The van der Waals surface area contributed by atoms with E-state index in [1.54, 1.807) is 6.08 Å². The Hall–Kier alpha value is -1.85. The minimum absolute atomic E-state index is 0.114. The number of nitrogens with two attached hydrogens (primary N) is 1. The Morgan fingerprint density at radius 2 is 2.15 bits per heavy atom. The van der Waals surface area contributed by atoms with Crippen molar-refractivity contribution < 1.29 is 9.90 Å². The number of carbonyl (C=O) groups is 1. The first-order valence-corrected chi connectivity index (χ1v) is 6.75. The molecule has 0 heterocycles. The van der Waals surface area contributed by atoms with E-state index < -0.39 is 6.04 Å². The van der Waals surface area contributed by atoms with E-state index in [4.69, 9.17) is 10.8 Å². The molecule has 0 spiro atoms. The monoisotopic (exact) mass is 277 g/mol. The van der Waals surface area contributed by atoms with Crippen LogP contribution in [-0.2, 0) is 4.79 Å². The van der Waals surface area contributed by atoms with Crippen LogP contribution in [-0.4, -0.2) is 36.8 Å². The van der Waals surface area contributed by atoms with Gasteiger partial charge < -0.3 is 21.1 Å². The predicted octanol–water partition coefficient (Wildman–Crippen LogP) is 1.35. The SMILES string of the molecule is C=CCC(N)C(=O)Nc1ccc(N(CC)CCO)cc1. The van der Waals surface area contributed by atoms with Gasteiger partial charge in [-0.2, -0.15) is 0 Å². The van der Waals surface area contributed by atoms with E-state index in [1.807, 2.05) is 31.2 Å². The van der Waals surface area contributed by atoms with Crippen LogP contribution in [0.1, 0.15) is 13.3 Å². The maximum absolute atomic E-state index is 11.8. The molecule has 4 N–H and O–H groups in total. The van der Waals surface area contributed by atoms with E-state index >= 15 is 0 Å². The molecule has 0 bridgehead atoms. The van der Waals surface area contributed by atoms with E-state index in [2.05, 4.69) is 16.8 Å². The molecule has 0 aromatic heterocycles. The number of amides is 1. The highest BCUT2D eigenvalue weighted by Gasteiger charge is 2.11. The zero-order valence-electron chi connectivity index (χ0n) is 11.9. The van der Waals surface area contributed by atoms with Crippen LogP contribution in [0.2, 0.25) is 0 Å². The third-order valence-corrected chi connectivity index (χ3v) is 3.01. The average molecular weight is 277 g/mol. The summed E-state index contributed by atoms with van der Waals surface area (Å²) in [4.78, 5) is 13.8. The molecule has 1 rings (SSSR count). The molecule has 0 aliphatic heterocycles. The van der Waals surface area contributed by atoms with Crippen molar-refractivity contribution in [2.75, 3.05) is 29.9 Å². The van der Waals surface area contributed by atoms with Gasteiger partial charge in [0.25, 0.3) is 0 Å². The van der Waals surface area contributed by atoms with Crippen molar-refractivity contribution in [3.63, 3.8) is 0 Å². The second-order valence-corrected chi connectivity index (χ2v) is 4.47. The molecule has 1 aromatic carbocycles. The Balaban J connectivity index is 2.66. The topological polar surface area (TPSA) is 78.6 Å².